The second-order valence-corrected chi connectivity index (χ2v) is 3.12. The Morgan fingerprint density at radius 3 is 2.69 bits per heavy atom. The minimum absolute atomic E-state index is 0.0387. The van der Waals surface area contributed by atoms with E-state index < -0.39 is 0 Å². The standard InChI is InChI=1S/C9H19NO3/c1-13-9(12)6-4-2-3-5-8(10)7-11/h8,11H,2-7,10H2,1H3. The molecule has 0 saturated heterocycles. The number of hydrogen-bond acceptors (Lipinski definition) is 4. The van der Waals surface area contributed by atoms with Crippen molar-refractivity contribution in [3.63, 3.8) is 0 Å². The van der Waals surface area contributed by atoms with Gasteiger partial charge in [0.25, 0.3) is 0 Å². The van der Waals surface area contributed by atoms with E-state index in [0.717, 1.165) is 25.7 Å². The molecule has 3 N–H and O–H groups in total. The fourth-order valence-corrected chi connectivity index (χ4v) is 1.05. The van der Waals surface area contributed by atoms with Crippen molar-refractivity contribution in [3.8, 4) is 0 Å². The van der Waals surface area contributed by atoms with Crippen LogP contribution in [0.4, 0.5) is 0 Å². The van der Waals surface area contributed by atoms with Gasteiger partial charge in [-0.2, -0.15) is 0 Å². The van der Waals surface area contributed by atoms with Gasteiger partial charge >= 0.3 is 5.97 Å². The average Bonchev–Trinajstić information content (AvgIpc) is 2.16. The van der Waals surface area contributed by atoms with Crippen LogP contribution in [0, 0.1) is 0 Å². The second-order valence-electron chi connectivity index (χ2n) is 3.12. The minimum Gasteiger partial charge on any atom is -0.469 e. The van der Waals surface area contributed by atoms with E-state index in [1.54, 1.807) is 0 Å². The fraction of sp³-hybridized carbons (Fsp3) is 0.889. The minimum atomic E-state index is -0.161. The Labute approximate surface area is 79.1 Å². The number of methoxy groups -OCH3 is 1. The molecule has 0 radical (unpaired) electrons. The van der Waals surface area contributed by atoms with Crippen LogP contribution < -0.4 is 5.73 Å². The highest BCUT2D eigenvalue weighted by Gasteiger charge is 2.01. The Bertz CT molecular complexity index is 139. The molecule has 0 heterocycles. The third kappa shape index (κ3) is 7.74. The van der Waals surface area contributed by atoms with Crippen LogP contribution >= 0.6 is 0 Å². The monoisotopic (exact) mass is 189 g/mol. The van der Waals surface area contributed by atoms with Crippen molar-refractivity contribution in [3.05, 3.63) is 0 Å². The zero-order valence-electron chi connectivity index (χ0n) is 8.16. The first-order valence-corrected chi connectivity index (χ1v) is 4.64. The maximum atomic E-state index is 10.7. The number of carbonyl (C=O) groups excluding carboxylic acids is 1. The zero-order valence-corrected chi connectivity index (χ0v) is 8.16. The predicted octanol–water partition coefficient (Wildman–Crippen LogP) is 0.430. The lowest BCUT2D eigenvalue weighted by Gasteiger charge is -2.06. The van der Waals surface area contributed by atoms with E-state index >= 15 is 0 Å². The van der Waals surface area contributed by atoms with Crippen LogP contribution in [0.2, 0.25) is 0 Å². The SMILES string of the molecule is COC(=O)CCCCCC(N)CO. The largest absolute Gasteiger partial charge is 0.469 e. The smallest absolute Gasteiger partial charge is 0.305 e. The van der Waals surface area contributed by atoms with Gasteiger partial charge in [-0.3, -0.25) is 4.79 Å². The molecule has 0 aliphatic rings. The van der Waals surface area contributed by atoms with Crippen LogP contribution in [0.1, 0.15) is 32.1 Å². The maximum absolute atomic E-state index is 10.7. The molecule has 1 unspecified atom stereocenters. The van der Waals surface area contributed by atoms with Gasteiger partial charge in [0.15, 0.2) is 0 Å². The van der Waals surface area contributed by atoms with E-state index in [-0.39, 0.29) is 18.6 Å². The maximum Gasteiger partial charge on any atom is 0.305 e. The number of nitrogens with two attached hydrogens (primary N) is 1. The molecule has 0 spiro atoms. The van der Waals surface area contributed by atoms with Gasteiger partial charge in [-0.1, -0.05) is 12.8 Å². The van der Waals surface area contributed by atoms with Gasteiger partial charge in [-0.25, -0.2) is 0 Å². The predicted molar refractivity (Wildman–Crippen MR) is 50.2 cm³/mol. The number of aliphatic hydroxyl groups excluding tert-OH is 1. The van der Waals surface area contributed by atoms with Crippen molar-refractivity contribution < 1.29 is 14.6 Å². The van der Waals surface area contributed by atoms with Crippen molar-refractivity contribution in [2.24, 2.45) is 5.73 Å². The average molecular weight is 189 g/mol. The van der Waals surface area contributed by atoms with Gasteiger partial charge in [0.2, 0.25) is 0 Å². The van der Waals surface area contributed by atoms with Crippen molar-refractivity contribution in [1.82, 2.24) is 0 Å². The molecule has 13 heavy (non-hydrogen) atoms. The van der Waals surface area contributed by atoms with Crippen LogP contribution in [0.25, 0.3) is 0 Å². The Morgan fingerprint density at radius 1 is 1.46 bits per heavy atom. The van der Waals surface area contributed by atoms with E-state index in [1.165, 1.54) is 7.11 Å². The normalized spacial score (nSPS) is 12.5. The third-order valence-corrected chi connectivity index (χ3v) is 1.92. The number of rotatable bonds is 7. The molecule has 4 nitrogen and oxygen atoms in total. The topological polar surface area (TPSA) is 72.5 Å². The number of ether oxygens (including phenoxy) is 1. The molecule has 78 valence electrons. The van der Waals surface area contributed by atoms with Gasteiger partial charge in [0.1, 0.15) is 0 Å². The molecule has 1 atom stereocenters. The van der Waals surface area contributed by atoms with Crippen LogP contribution in [-0.4, -0.2) is 30.8 Å². The highest BCUT2D eigenvalue weighted by molar-refractivity contribution is 5.68. The molecule has 0 aromatic carbocycles. The fourth-order valence-electron chi connectivity index (χ4n) is 1.05. The first-order chi connectivity index (χ1) is 6.20. The van der Waals surface area contributed by atoms with Crippen molar-refractivity contribution in [2.45, 2.75) is 38.1 Å². The molecule has 0 bridgehead atoms. The van der Waals surface area contributed by atoms with E-state index in [1.807, 2.05) is 0 Å². The molecular formula is C9H19NO3. The third-order valence-electron chi connectivity index (χ3n) is 1.92. The first-order valence-electron chi connectivity index (χ1n) is 4.64. The zero-order chi connectivity index (χ0) is 10.1. The molecule has 0 aromatic heterocycles. The summed E-state index contributed by atoms with van der Waals surface area (Å²) in [5, 5.41) is 8.62. The number of aliphatic hydroxyl groups is 1. The van der Waals surface area contributed by atoms with Crippen molar-refractivity contribution in [2.75, 3.05) is 13.7 Å². The van der Waals surface area contributed by atoms with Gasteiger partial charge < -0.3 is 15.6 Å². The molecule has 0 aliphatic carbocycles. The van der Waals surface area contributed by atoms with Crippen LogP contribution in [0.15, 0.2) is 0 Å². The molecule has 4 heteroatoms. The highest BCUT2D eigenvalue weighted by Crippen LogP contribution is 2.05. The van der Waals surface area contributed by atoms with Gasteiger partial charge in [-0.15, -0.1) is 0 Å². The van der Waals surface area contributed by atoms with Crippen molar-refractivity contribution >= 4 is 5.97 Å². The number of carbonyl (C=O) groups is 1. The number of hydrogen-bond donors (Lipinski definition) is 2. The summed E-state index contributed by atoms with van der Waals surface area (Å²) in [5.41, 5.74) is 5.50. The summed E-state index contributed by atoms with van der Waals surface area (Å²) < 4.78 is 4.50. The van der Waals surface area contributed by atoms with Crippen molar-refractivity contribution in [1.29, 1.82) is 0 Å². The molecule has 0 aliphatic heterocycles. The van der Waals surface area contributed by atoms with Crippen LogP contribution in [0.3, 0.4) is 0 Å². The van der Waals surface area contributed by atoms with Gasteiger partial charge in [0, 0.05) is 12.5 Å². The van der Waals surface area contributed by atoms with Gasteiger partial charge in [0.05, 0.1) is 13.7 Å². The van der Waals surface area contributed by atoms with Gasteiger partial charge in [-0.05, 0) is 12.8 Å². The number of esters is 1. The Hall–Kier alpha value is -0.610. The summed E-state index contributed by atoms with van der Waals surface area (Å²) in [5.74, 6) is -0.161. The first kappa shape index (κ1) is 12.4. The lowest BCUT2D eigenvalue weighted by Crippen LogP contribution is -2.23. The quantitative estimate of drug-likeness (QED) is 0.450. The van der Waals surface area contributed by atoms with E-state index in [0.29, 0.717) is 6.42 Å². The second kappa shape index (κ2) is 8.01. The lowest BCUT2D eigenvalue weighted by molar-refractivity contribution is -0.140. The summed E-state index contributed by atoms with van der Waals surface area (Å²) in [6.45, 7) is 0.0387. The molecule has 0 saturated carbocycles. The van der Waals surface area contributed by atoms with E-state index in [9.17, 15) is 4.79 Å². The molecule has 0 amide bonds. The Balaban J connectivity index is 3.12. The molecule has 0 aromatic rings. The number of unbranched alkanes of at least 4 members (excludes halogenated alkanes) is 2. The molecular weight excluding hydrogens is 170 g/mol. The molecule has 0 rings (SSSR count). The Morgan fingerprint density at radius 2 is 2.15 bits per heavy atom. The summed E-state index contributed by atoms with van der Waals surface area (Å²) >= 11 is 0. The van der Waals surface area contributed by atoms with Crippen LogP contribution in [0.5, 0.6) is 0 Å². The summed E-state index contributed by atoms with van der Waals surface area (Å²) in [6, 6.07) is -0.113. The van der Waals surface area contributed by atoms with Crippen LogP contribution in [-0.2, 0) is 9.53 Å². The highest BCUT2D eigenvalue weighted by atomic mass is 16.5. The van der Waals surface area contributed by atoms with E-state index in [4.69, 9.17) is 10.8 Å². The summed E-state index contributed by atoms with van der Waals surface area (Å²) in [4.78, 5) is 10.7. The summed E-state index contributed by atoms with van der Waals surface area (Å²) in [6.07, 6.45) is 4.05. The van der Waals surface area contributed by atoms with E-state index in [2.05, 4.69) is 4.74 Å². The Kier molecular flexibility index (Phi) is 7.63. The lowest BCUT2D eigenvalue weighted by atomic mass is 10.1. The summed E-state index contributed by atoms with van der Waals surface area (Å²) in [7, 11) is 1.39. The molecule has 0 fully saturated rings.